The first-order valence-corrected chi connectivity index (χ1v) is 8.90. The summed E-state index contributed by atoms with van der Waals surface area (Å²) in [6, 6.07) is 7.41. The average molecular weight is 341 g/mol. The standard InChI is InChI=1S/C19H23N3O3/c1-14-15-5-2-3-6-16(15)18(24)22(20-14)11-17(23)21-9-4-7-19(12-21)8-10-25-13-19/h2-3,5-6H,4,7-13H2,1H3. The number of benzene rings is 1. The second-order valence-electron chi connectivity index (χ2n) is 7.32. The van der Waals surface area contributed by atoms with E-state index in [0.29, 0.717) is 5.39 Å². The van der Waals surface area contributed by atoms with Gasteiger partial charge in [0.25, 0.3) is 5.56 Å². The number of aryl methyl sites for hydroxylation is 1. The lowest BCUT2D eigenvalue weighted by atomic mass is 9.79. The summed E-state index contributed by atoms with van der Waals surface area (Å²) in [7, 11) is 0. The van der Waals surface area contributed by atoms with Crippen LogP contribution in [0.5, 0.6) is 0 Å². The van der Waals surface area contributed by atoms with Gasteiger partial charge in [-0.25, -0.2) is 4.68 Å². The molecule has 132 valence electrons. The summed E-state index contributed by atoms with van der Waals surface area (Å²) in [6.07, 6.45) is 3.13. The Morgan fingerprint density at radius 3 is 2.84 bits per heavy atom. The molecule has 0 N–H and O–H groups in total. The number of fused-ring (bicyclic) bond motifs is 1. The van der Waals surface area contributed by atoms with Crippen molar-refractivity contribution in [1.29, 1.82) is 0 Å². The van der Waals surface area contributed by atoms with Gasteiger partial charge in [0.15, 0.2) is 0 Å². The Hall–Kier alpha value is -2.21. The average Bonchev–Trinajstić information content (AvgIpc) is 3.07. The Balaban J connectivity index is 1.58. The summed E-state index contributed by atoms with van der Waals surface area (Å²) in [5.41, 5.74) is 0.679. The predicted octanol–water partition coefficient (Wildman–Crippen LogP) is 1.73. The van der Waals surface area contributed by atoms with Gasteiger partial charge in [-0.1, -0.05) is 18.2 Å². The second-order valence-corrected chi connectivity index (χ2v) is 7.32. The molecular weight excluding hydrogens is 318 g/mol. The lowest BCUT2D eigenvalue weighted by Crippen LogP contribution is -2.48. The van der Waals surface area contributed by atoms with Crippen molar-refractivity contribution in [3.8, 4) is 0 Å². The van der Waals surface area contributed by atoms with Crippen molar-refractivity contribution < 1.29 is 9.53 Å². The molecule has 2 aliphatic heterocycles. The van der Waals surface area contributed by atoms with Gasteiger partial charge >= 0.3 is 0 Å². The summed E-state index contributed by atoms with van der Waals surface area (Å²) in [6.45, 7) is 4.88. The Bertz CT molecular complexity index is 868. The van der Waals surface area contributed by atoms with Crippen molar-refractivity contribution in [3.05, 3.63) is 40.3 Å². The highest BCUT2D eigenvalue weighted by atomic mass is 16.5. The van der Waals surface area contributed by atoms with E-state index < -0.39 is 0 Å². The van der Waals surface area contributed by atoms with E-state index in [4.69, 9.17) is 4.74 Å². The lowest BCUT2D eigenvalue weighted by molar-refractivity contribution is -0.135. The first-order chi connectivity index (χ1) is 12.1. The Morgan fingerprint density at radius 2 is 2.08 bits per heavy atom. The van der Waals surface area contributed by atoms with Crippen molar-refractivity contribution in [2.24, 2.45) is 5.41 Å². The van der Waals surface area contributed by atoms with Crippen LogP contribution < -0.4 is 5.56 Å². The maximum absolute atomic E-state index is 12.8. The molecule has 1 atom stereocenters. The molecule has 3 heterocycles. The van der Waals surface area contributed by atoms with Gasteiger partial charge in [0, 0.05) is 30.5 Å². The molecule has 1 unspecified atom stereocenters. The number of carbonyl (C=O) groups is 1. The molecule has 6 heteroatoms. The maximum Gasteiger partial charge on any atom is 0.275 e. The third kappa shape index (κ3) is 2.95. The molecular formula is C19H23N3O3. The van der Waals surface area contributed by atoms with Gasteiger partial charge in [0.2, 0.25) is 5.91 Å². The van der Waals surface area contributed by atoms with E-state index in [9.17, 15) is 9.59 Å². The number of hydrogen-bond acceptors (Lipinski definition) is 4. The van der Waals surface area contributed by atoms with Crippen LogP contribution in [0, 0.1) is 12.3 Å². The molecule has 1 spiro atoms. The molecule has 4 rings (SSSR count). The topological polar surface area (TPSA) is 64.4 Å². The van der Waals surface area contributed by atoms with Crippen LogP contribution in [0.3, 0.4) is 0 Å². The molecule has 1 amide bonds. The van der Waals surface area contributed by atoms with E-state index in [1.165, 1.54) is 4.68 Å². The molecule has 25 heavy (non-hydrogen) atoms. The third-order valence-corrected chi connectivity index (χ3v) is 5.54. The summed E-state index contributed by atoms with van der Waals surface area (Å²) < 4.78 is 6.87. The Kier molecular flexibility index (Phi) is 4.07. The van der Waals surface area contributed by atoms with Crippen LogP contribution in [0.25, 0.3) is 10.8 Å². The minimum absolute atomic E-state index is 0.00143. The lowest BCUT2D eigenvalue weighted by Gasteiger charge is -2.39. The zero-order chi connectivity index (χ0) is 17.4. The number of piperidine rings is 1. The van der Waals surface area contributed by atoms with Crippen LogP contribution in [0.15, 0.2) is 29.1 Å². The third-order valence-electron chi connectivity index (χ3n) is 5.54. The van der Waals surface area contributed by atoms with Gasteiger partial charge in [-0.05, 0) is 32.3 Å². The van der Waals surface area contributed by atoms with E-state index in [1.54, 1.807) is 6.07 Å². The van der Waals surface area contributed by atoms with E-state index in [1.807, 2.05) is 30.0 Å². The molecule has 2 aliphatic rings. The summed E-state index contributed by atoms with van der Waals surface area (Å²) >= 11 is 0. The number of aromatic nitrogens is 2. The van der Waals surface area contributed by atoms with E-state index in [-0.39, 0.29) is 23.4 Å². The zero-order valence-corrected chi connectivity index (χ0v) is 14.5. The maximum atomic E-state index is 12.8. The fourth-order valence-corrected chi connectivity index (χ4v) is 4.13. The second kappa shape index (κ2) is 6.26. The molecule has 1 aromatic heterocycles. The quantitative estimate of drug-likeness (QED) is 0.834. The highest BCUT2D eigenvalue weighted by Gasteiger charge is 2.40. The monoisotopic (exact) mass is 341 g/mol. The van der Waals surface area contributed by atoms with E-state index in [2.05, 4.69) is 5.10 Å². The molecule has 2 saturated heterocycles. The number of hydrogen-bond donors (Lipinski definition) is 0. The molecule has 2 fully saturated rings. The van der Waals surface area contributed by atoms with Crippen molar-refractivity contribution in [1.82, 2.24) is 14.7 Å². The Labute approximate surface area is 146 Å². The van der Waals surface area contributed by atoms with Gasteiger partial charge < -0.3 is 9.64 Å². The smallest absolute Gasteiger partial charge is 0.275 e. The molecule has 0 radical (unpaired) electrons. The van der Waals surface area contributed by atoms with Crippen molar-refractivity contribution >= 4 is 16.7 Å². The largest absolute Gasteiger partial charge is 0.381 e. The first-order valence-electron chi connectivity index (χ1n) is 8.90. The number of nitrogens with zero attached hydrogens (tertiary/aromatic N) is 3. The number of ether oxygens (including phenoxy) is 1. The van der Waals surface area contributed by atoms with Gasteiger partial charge in [0.05, 0.1) is 17.7 Å². The van der Waals surface area contributed by atoms with Crippen molar-refractivity contribution in [2.75, 3.05) is 26.3 Å². The van der Waals surface area contributed by atoms with Crippen LogP contribution in [0.4, 0.5) is 0 Å². The number of rotatable bonds is 2. The molecule has 0 aliphatic carbocycles. The van der Waals surface area contributed by atoms with Gasteiger partial charge in [0.1, 0.15) is 6.54 Å². The molecule has 1 aromatic carbocycles. The van der Waals surface area contributed by atoms with Crippen LogP contribution in [-0.2, 0) is 16.1 Å². The summed E-state index contributed by atoms with van der Waals surface area (Å²) in [5.74, 6) is -0.0322. The summed E-state index contributed by atoms with van der Waals surface area (Å²) in [5, 5.41) is 5.81. The van der Waals surface area contributed by atoms with Crippen LogP contribution in [0.2, 0.25) is 0 Å². The van der Waals surface area contributed by atoms with Gasteiger partial charge in [-0.15, -0.1) is 0 Å². The summed E-state index contributed by atoms with van der Waals surface area (Å²) in [4.78, 5) is 27.3. The predicted molar refractivity (Wildman–Crippen MR) is 94.4 cm³/mol. The number of carbonyl (C=O) groups excluding carboxylic acids is 1. The highest BCUT2D eigenvalue weighted by Crippen LogP contribution is 2.37. The minimum Gasteiger partial charge on any atom is -0.381 e. The molecule has 2 aromatic rings. The molecule has 0 bridgehead atoms. The van der Waals surface area contributed by atoms with Gasteiger partial charge in [-0.2, -0.15) is 5.10 Å². The fourth-order valence-electron chi connectivity index (χ4n) is 4.13. The van der Waals surface area contributed by atoms with E-state index in [0.717, 1.165) is 56.6 Å². The Morgan fingerprint density at radius 1 is 1.28 bits per heavy atom. The van der Waals surface area contributed by atoms with Crippen LogP contribution in [0.1, 0.15) is 25.0 Å². The van der Waals surface area contributed by atoms with Crippen molar-refractivity contribution in [3.63, 3.8) is 0 Å². The molecule has 0 saturated carbocycles. The SMILES string of the molecule is Cc1nn(CC(=O)N2CCCC3(CCOC3)C2)c(=O)c2ccccc12. The van der Waals surface area contributed by atoms with Crippen LogP contribution in [-0.4, -0.2) is 46.9 Å². The van der Waals surface area contributed by atoms with Gasteiger partial charge in [-0.3, -0.25) is 9.59 Å². The zero-order valence-electron chi connectivity index (χ0n) is 14.5. The number of likely N-dealkylation sites (tertiary alicyclic amines) is 1. The van der Waals surface area contributed by atoms with Crippen LogP contribution >= 0.6 is 0 Å². The van der Waals surface area contributed by atoms with E-state index >= 15 is 0 Å². The number of amides is 1. The highest BCUT2D eigenvalue weighted by molar-refractivity contribution is 5.83. The normalized spacial score (nSPS) is 23.5. The minimum atomic E-state index is -0.203. The van der Waals surface area contributed by atoms with Crippen molar-refractivity contribution in [2.45, 2.75) is 32.7 Å². The molecule has 6 nitrogen and oxygen atoms in total. The fraction of sp³-hybridized carbons (Fsp3) is 0.526. The first kappa shape index (κ1) is 16.3.